The molecule has 6 rings (SSSR count). The maximum atomic E-state index is 14.1. The van der Waals surface area contributed by atoms with E-state index in [0.29, 0.717) is 11.3 Å². The summed E-state index contributed by atoms with van der Waals surface area (Å²) < 4.78 is 25.7. The van der Waals surface area contributed by atoms with Crippen LogP contribution in [0.3, 0.4) is 0 Å². The number of carbonyl (C=O) groups is 2. The normalized spacial score (nSPS) is 11.8. The van der Waals surface area contributed by atoms with Gasteiger partial charge in [0.25, 0.3) is 0 Å². The van der Waals surface area contributed by atoms with Gasteiger partial charge in [-0.15, -0.1) is 0 Å². The maximum Gasteiger partial charge on any atom is 0.321 e. The van der Waals surface area contributed by atoms with Crippen molar-refractivity contribution in [2.24, 2.45) is 5.92 Å². The lowest BCUT2D eigenvalue weighted by Crippen LogP contribution is -2.34. The van der Waals surface area contributed by atoms with Crippen molar-refractivity contribution in [2.75, 3.05) is 0 Å². The molecule has 0 saturated heterocycles. The van der Waals surface area contributed by atoms with E-state index in [-0.39, 0.29) is 19.0 Å². The van der Waals surface area contributed by atoms with Crippen LogP contribution in [-0.4, -0.2) is 16.9 Å². The number of fused-ring (bicyclic) bond motifs is 1. The quantitative estimate of drug-likeness (QED) is 0.130. The molecule has 1 aromatic heterocycles. The standard InChI is InChI=1S/C38H30FNO4/c39-30-22-20-29(21-23-30)36-34(31-18-10-11-19-32(31)40-36)33(28-16-8-3-9-17-28)35(37(41)43-24-26-12-4-1-5-13-26)38(42)44-25-27-14-6-2-7-15-27/h1-23,33,35,40H,24-25H2/t33-/m1/s1. The molecule has 1 heterocycles. The third-order valence-corrected chi connectivity index (χ3v) is 7.64. The maximum absolute atomic E-state index is 14.1. The number of benzene rings is 5. The van der Waals surface area contributed by atoms with Crippen LogP contribution in [0.2, 0.25) is 0 Å². The molecule has 6 heteroatoms. The minimum atomic E-state index is -1.34. The molecular weight excluding hydrogens is 553 g/mol. The second-order valence-corrected chi connectivity index (χ2v) is 10.5. The van der Waals surface area contributed by atoms with E-state index in [4.69, 9.17) is 9.47 Å². The molecule has 0 aliphatic heterocycles. The second-order valence-electron chi connectivity index (χ2n) is 10.5. The molecule has 0 spiro atoms. The number of hydrogen-bond donors (Lipinski definition) is 1. The van der Waals surface area contributed by atoms with Gasteiger partial charge in [0, 0.05) is 16.8 Å². The van der Waals surface area contributed by atoms with Gasteiger partial charge in [0.05, 0.1) is 5.69 Å². The number of hydrogen-bond acceptors (Lipinski definition) is 4. The summed E-state index contributed by atoms with van der Waals surface area (Å²) in [5.74, 6) is -3.90. The molecule has 6 aromatic rings. The van der Waals surface area contributed by atoms with Crippen LogP contribution >= 0.6 is 0 Å². The molecule has 44 heavy (non-hydrogen) atoms. The second kappa shape index (κ2) is 13.2. The number of para-hydroxylation sites is 1. The van der Waals surface area contributed by atoms with E-state index >= 15 is 0 Å². The number of carbonyl (C=O) groups excluding carboxylic acids is 2. The summed E-state index contributed by atoms with van der Waals surface area (Å²) in [5.41, 5.74) is 5.26. The van der Waals surface area contributed by atoms with E-state index in [1.807, 2.05) is 115 Å². The van der Waals surface area contributed by atoms with E-state index in [0.717, 1.165) is 33.2 Å². The van der Waals surface area contributed by atoms with Crippen molar-refractivity contribution in [2.45, 2.75) is 19.1 Å². The molecule has 0 amide bonds. The van der Waals surface area contributed by atoms with Crippen molar-refractivity contribution >= 4 is 22.8 Å². The van der Waals surface area contributed by atoms with Gasteiger partial charge in [-0.2, -0.15) is 0 Å². The Balaban J connectivity index is 1.50. The number of H-pyrrole nitrogens is 1. The molecule has 0 fully saturated rings. The van der Waals surface area contributed by atoms with Gasteiger partial charge in [-0.3, -0.25) is 9.59 Å². The minimum Gasteiger partial charge on any atom is -0.460 e. The molecule has 0 unspecified atom stereocenters. The lowest BCUT2D eigenvalue weighted by atomic mass is 9.78. The highest BCUT2D eigenvalue weighted by Gasteiger charge is 2.42. The van der Waals surface area contributed by atoms with Crippen LogP contribution in [-0.2, 0) is 32.3 Å². The van der Waals surface area contributed by atoms with Crippen LogP contribution < -0.4 is 0 Å². The Morgan fingerprint density at radius 3 is 1.68 bits per heavy atom. The van der Waals surface area contributed by atoms with Crippen LogP contribution in [0.25, 0.3) is 22.2 Å². The summed E-state index contributed by atoms with van der Waals surface area (Å²) in [6.45, 7) is 0.00467. The molecule has 1 N–H and O–H groups in total. The topological polar surface area (TPSA) is 68.4 Å². The molecule has 218 valence electrons. The van der Waals surface area contributed by atoms with Crippen LogP contribution in [0, 0.1) is 11.7 Å². The van der Waals surface area contributed by atoms with Crippen molar-refractivity contribution in [3.05, 3.63) is 168 Å². The number of halogens is 1. The van der Waals surface area contributed by atoms with Crippen molar-refractivity contribution in [3.63, 3.8) is 0 Å². The van der Waals surface area contributed by atoms with Crippen LogP contribution in [0.1, 0.15) is 28.2 Å². The number of aromatic amines is 1. The zero-order valence-electron chi connectivity index (χ0n) is 23.9. The Hall–Kier alpha value is -5.49. The number of rotatable bonds is 10. The first-order valence-electron chi connectivity index (χ1n) is 14.4. The average molecular weight is 584 g/mol. The highest BCUT2D eigenvalue weighted by molar-refractivity contribution is 6.00. The summed E-state index contributed by atoms with van der Waals surface area (Å²) in [6.07, 6.45) is 0. The van der Waals surface area contributed by atoms with E-state index in [1.54, 1.807) is 12.1 Å². The van der Waals surface area contributed by atoms with Crippen molar-refractivity contribution in [1.82, 2.24) is 4.98 Å². The number of nitrogens with one attached hydrogen (secondary N) is 1. The Morgan fingerprint density at radius 1 is 0.614 bits per heavy atom. The molecule has 5 aromatic carbocycles. The van der Waals surface area contributed by atoms with Crippen LogP contribution in [0.4, 0.5) is 4.39 Å². The van der Waals surface area contributed by atoms with Gasteiger partial charge in [-0.25, -0.2) is 4.39 Å². The van der Waals surface area contributed by atoms with Crippen molar-refractivity contribution in [3.8, 4) is 11.3 Å². The SMILES string of the molecule is O=C(OCc1ccccc1)C(C(=O)OCc1ccccc1)[C@H](c1ccccc1)c1c(-c2ccc(F)cc2)[nH]c2ccccc12. The third-order valence-electron chi connectivity index (χ3n) is 7.64. The summed E-state index contributed by atoms with van der Waals surface area (Å²) in [6, 6.07) is 41.9. The highest BCUT2D eigenvalue weighted by atomic mass is 19.1. The monoisotopic (exact) mass is 583 g/mol. The first-order valence-corrected chi connectivity index (χ1v) is 14.4. The fourth-order valence-corrected chi connectivity index (χ4v) is 5.52. The van der Waals surface area contributed by atoms with Gasteiger partial charge in [-0.1, -0.05) is 109 Å². The summed E-state index contributed by atoms with van der Waals surface area (Å²) >= 11 is 0. The first-order chi connectivity index (χ1) is 21.6. The van der Waals surface area contributed by atoms with Crippen LogP contribution in [0.15, 0.2) is 140 Å². The van der Waals surface area contributed by atoms with E-state index < -0.39 is 23.8 Å². The summed E-state index contributed by atoms with van der Waals surface area (Å²) in [7, 11) is 0. The molecule has 0 aliphatic rings. The van der Waals surface area contributed by atoms with Gasteiger partial charge in [-0.05, 0) is 58.1 Å². The lowest BCUT2D eigenvalue weighted by Gasteiger charge is -2.26. The summed E-state index contributed by atoms with van der Waals surface area (Å²) in [5, 5.41) is 0.831. The van der Waals surface area contributed by atoms with E-state index in [1.165, 1.54) is 12.1 Å². The Kier molecular flexibility index (Phi) is 8.60. The van der Waals surface area contributed by atoms with E-state index in [9.17, 15) is 14.0 Å². The highest BCUT2D eigenvalue weighted by Crippen LogP contribution is 2.43. The molecule has 5 nitrogen and oxygen atoms in total. The lowest BCUT2D eigenvalue weighted by molar-refractivity contribution is -0.164. The number of aromatic nitrogens is 1. The van der Waals surface area contributed by atoms with Gasteiger partial charge in [0.2, 0.25) is 0 Å². The minimum absolute atomic E-state index is 0.00233. The van der Waals surface area contributed by atoms with Gasteiger partial charge >= 0.3 is 11.9 Å². The van der Waals surface area contributed by atoms with E-state index in [2.05, 4.69) is 4.98 Å². The Morgan fingerprint density at radius 2 is 1.11 bits per heavy atom. The number of esters is 2. The Bertz CT molecular complexity index is 1800. The molecule has 1 atom stereocenters. The molecule has 0 radical (unpaired) electrons. The summed E-state index contributed by atoms with van der Waals surface area (Å²) in [4.78, 5) is 31.7. The first kappa shape index (κ1) is 28.6. The van der Waals surface area contributed by atoms with Gasteiger partial charge < -0.3 is 14.5 Å². The fourth-order valence-electron chi connectivity index (χ4n) is 5.52. The average Bonchev–Trinajstić information content (AvgIpc) is 3.45. The van der Waals surface area contributed by atoms with Crippen LogP contribution in [0.5, 0.6) is 0 Å². The zero-order chi connectivity index (χ0) is 30.3. The van der Waals surface area contributed by atoms with Gasteiger partial charge in [0.15, 0.2) is 5.92 Å². The Labute approximate surface area is 254 Å². The van der Waals surface area contributed by atoms with Crippen molar-refractivity contribution in [1.29, 1.82) is 0 Å². The molecule has 0 aliphatic carbocycles. The van der Waals surface area contributed by atoms with Crippen molar-refractivity contribution < 1.29 is 23.5 Å². The smallest absolute Gasteiger partial charge is 0.321 e. The third kappa shape index (κ3) is 6.30. The fraction of sp³-hybridized carbons (Fsp3) is 0.105. The largest absolute Gasteiger partial charge is 0.460 e. The van der Waals surface area contributed by atoms with Gasteiger partial charge in [0.1, 0.15) is 19.0 Å². The molecule has 0 saturated carbocycles. The molecular formula is C38H30FNO4. The number of ether oxygens (including phenoxy) is 2. The zero-order valence-corrected chi connectivity index (χ0v) is 23.9. The predicted molar refractivity (Wildman–Crippen MR) is 168 cm³/mol. The molecule has 0 bridgehead atoms. The predicted octanol–water partition coefficient (Wildman–Crippen LogP) is 8.21.